The number of nitrogens with one attached hydrogen (secondary N) is 1. The van der Waals surface area contributed by atoms with Gasteiger partial charge in [-0.15, -0.1) is 0 Å². The quantitative estimate of drug-likeness (QED) is 0.569. The van der Waals surface area contributed by atoms with Crippen LogP contribution < -0.4 is 11.1 Å². The molecule has 0 saturated carbocycles. The van der Waals surface area contributed by atoms with E-state index in [4.69, 9.17) is 11.0 Å². The Hall–Kier alpha value is -1.69. The Labute approximate surface area is 77.2 Å². The van der Waals surface area contributed by atoms with Gasteiger partial charge in [-0.2, -0.15) is 5.26 Å². The number of nitrogens with zero attached hydrogens (tertiary/aromatic N) is 1. The molecule has 0 spiro atoms. The van der Waals surface area contributed by atoms with Crippen LogP contribution in [-0.2, 0) is 0 Å². The molecular weight excluding hydrogens is 162 g/mol. The largest absolute Gasteiger partial charge is 0.399 e. The molecular formula is C10H11N3. The summed E-state index contributed by atoms with van der Waals surface area (Å²) >= 11 is 0. The van der Waals surface area contributed by atoms with Gasteiger partial charge < -0.3 is 11.1 Å². The first kappa shape index (κ1) is 7.93. The molecule has 1 aliphatic heterocycles. The molecule has 0 aromatic carbocycles. The maximum atomic E-state index is 8.74. The van der Waals surface area contributed by atoms with Crippen LogP contribution in [0.4, 0.5) is 0 Å². The van der Waals surface area contributed by atoms with Crippen molar-refractivity contribution >= 4 is 0 Å². The van der Waals surface area contributed by atoms with Crippen LogP contribution in [0.3, 0.4) is 0 Å². The van der Waals surface area contributed by atoms with Crippen molar-refractivity contribution in [1.29, 1.82) is 5.26 Å². The minimum atomic E-state index is -0.0894. The van der Waals surface area contributed by atoms with Crippen LogP contribution >= 0.6 is 0 Å². The van der Waals surface area contributed by atoms with Gasteiger partial charge in [0.25, 0.3) is 0 Å². The Bertz CT molecular complexity index is 370. The zero-order valence-corrected chi connectivity index (χ0v) is 7.41. The van der Waals surface area contributed by atoms with Crippen molar-refractivity contribution in [2.24, 2.45) is 11.1 Å². The SMILES string of the molecule is CC12C=CC(N)=CC1NC(C#N)=C2. The van der Waals surface area contributed by atoms with Gasteiger partial charge in [0.2, 0.25) is 0 Å². The summed E-state index contributed by atoms with van der Waals surface area (Å²) < 4.78 is 0. The molecule has 1 heterocycles. The van der Waals surface area contributed by atoms with E-state index in [0.717, 1.165) is 5.70 Å². The molecule has 0 bridgehead atoms. The predicted octanol–water partition coefficient (Wildman–Crippen LogP) is 0.784. The van der Waals surface area contributed by atoms with Crippen molar-refractivity contribution in [3.63, 3.8) is 0 Å². The second kappa shape index (κ2) is 2.40. The van der Waals surface area contributed by atoms with E-state index in [1.165, 1.54) is 0 Å². The molecule has 3 N–H and O–H groups in total. The highest BCUT2D eigenvalue weighted by molar-refractivity contribution is 5.41. The summed E-state index contributed by atoms with van der Waals surface area (Å²) in [5.41, 5.74) is 6.96. The summed E-state index contributed by atoms with van der Waals surface area (Å²) in [6, 6.07) is 2.24. The van der Waals surface area contributed by atoms with Crippen molar-refractivity contribution in [2.75, 3.05) is 0 Å². The third-order valence-electron chi connectivity index (χ3n) is 2.55. The van der Waals surface area contributed by atoms with Gasteiger partial charge in [0.05, 0.1) is 6.04 Å². The maximum absolute atomic E-state index is 8.74. The highest BCUT2D eigenvalue weighted by Crippen LogP contribution is 2.35. The van der Waals surface area contributed by atoms with Gasteiger partial charge in [-0.1, -0.05) is 13.0 Å². The molecule has 66 valence electrons. The molecule has 3 heteroatoms. The average Bonchev–Trinajstić information content (AvgIpc) is 2.42. The van der Waals surface area contributed by atoms with Gasteiger partial charge in [0.1, 0.15) is 11.8 Å². The molecule has 2 unspecified atom stereocenters. The maximum Gasteiger partial charge on any atom is 0.117 e. The Kier molecular flexibility index (Phi) is 1.46. The Morgan fingerprint density at radius 3 is 3.15 bits per heavy atom. The van der Waals surface area contributed by atoms with Gasteiger partial charge in [0.15, 0.2) is 0 Å². The molecule has 2 atom stereocenters. The van der Waals surface area contributed by atoms with E-state index in [0.29, 0.717) is 5.70 Å². The van der Waals surface area contributed by atoms with Gasteiger partial charge in [0, 0.05) is 11.1 Å². The standard InChI is InChI=1S/C10H11N3/c1-10-3-2-7(12)4-9(10)13-8(5-10)6-11/h2-5,9,13H,12H2,1H3. The Morgan fingerprint density at radius 1 is 1.69 bits per heavy atom. The van der Waals surface area contributed by atoms with Crippen LogP contribution in [0.25, 0.3) is 0 Å². The zero-order valence-electron chi connectivity index (χ0n) is 7.41. The molecule has 1 aliphatic carbocycles. The number of hydrogen-bond acceptors (Lipinski definition) is 3. The van der Waals surface area contributed by atoms with E-state index in [-0.39, 0.29) is 11.5 Å². The first-order valence-corrected chi connectivity index (χ1v) is 4.20. The predicted molar refractivity (Wildman–Crippen MR) is 50.1 cm³/mol. The molecule has 0 fully saturated rings. The topological polar surface area (TPSA) is 61.8 Å². The number of allylic oxidation sites excluding steroid dienone is 2. The van der Waals surface area contributed by atoms with E-state index in [9.17, 15) is 0 Å². The monoisotopic (exact) mass is 173 g/mol. The van der Waals surface area contributed by atoms with Gasteiger partial charge >= 0.3 is 0 Å². The summed E-state index contributed by atoms with van der Waals surface area (Å²) in [5, 5.41) is 11.8. The summed E-state index contributed by atoms with van der Waals surface area (Å²) in [6.07, 6.45) is 7.80. The summed E-state index contributed by atoms with van der Waals surface area (Å²) in [6.45, 7) is 2.08. The molecule has 0 aromatic heterocycles. The third kappa shape index (κ3) is 1.11. The lowest BCUT2D eigenvalue weighted by Gasteiger charge is -2.27. The second-order valence-electron chi connectivity index (χ2n) is 3.66. The lowest BCUT2D eigenvalue weighted by molar-refractivity contribution is 0.468. The zero-order chi connectivity index (χ0) is 9.47. The fourth-order valence-electron chi connectivity index (χ4n) is 1.73. The highest BCUT2D eigenvalue weighted by Gasteiger charge is 2.36. The molecule has 13 heavy (non-hydrogen) atoms. The first-order chi connectivity index (χ1) is 6.14. The van der Waals surface area contributed by atoms with Crippen molar-refractivity contribution < 1.29 is 0 Å². The molecule has 3 nitrogen and oxygen atoms in total. The van der Waals surface area contributed by atoms with Gasteiger partial charge in [-0.3, -0.25) is 0 Å². The smallest absolute Gasteiger partial charge is 0.117 e. The summed E-state index contributed by atoms with van der Waals surface area (Å²) in [5.74, 6) is 0. The number of fused-ring (bicyclic) bond motifs is 1. The van der Waals surface area contributed by atoms with Crippen LogP contribution in [0, 0.1) is 16.7 Å². The Balaban J connectivity index is 2.38. The van der Waals surface area contributed by atoms with E-state index in [1.54, 1.807) is 0 Å². The van der Waals surface area contributed by atoms with Crippen molar-refractivity contribution in [1.82, 2.24) is 5.32 Å². The molecule has 0 saturated heterocycles. The first-order valence-electron chi connectivity index (χ1n) is 4.20. The van der Waals surface area contributed by atoms with E-state index in [2.05, 4.69) is 18.3 Å². The lowest BCUT2D eigenvalue weighted by atomic mass is 9.81. The molecule has 0 amide bonds. The van der Waals surface area contributed by atoms with Crippen molar-refractivity contribution in [3.05, 3.63) is 35.7 Å². The lowest BCUT2D eigenvalue weighted by Crippen LogP contribution is -2.35. The molecule has 2 aliphatic rings. The number of nitrogens with two attached hydrogens (primary N) is 1. The van der Waals surface area contributed by atoms with Crippen LogP contribution in [0.15, 0.2) is 35.7 Å². The number of hydrogen-bond donors (Lipinski definition) is 2. The molecule has 0 aromatic rings. The van der Waals surface area contributed by atoms with Crippen LogP contribution in [-0.4, -0.2) is 6.04 Å². The highest BCUT2D eigenvalue weighted by atomic mass is 15.0. The second-order valence-corrected chi connectivity index (χ2v) is 3.66. The van der Waals surface area contributed by atoms with Crippen LogP contribution in [0.5, 0.6) is 0 Å². The molecule has 2 rings (SSSR count). The third-order valence-corrected chi connectivity index (χ3v) is 2.55. The van der Waals surface area contributed by atoms with Crippen LogP contribution in [0.1, 0.15) is 6.92 Å². The minimum absolute atomic E-state index is 0.0894. The van der Waals surface area contributed by atoms with Gasteiger partial charge in [-0.25, -0.2) is 0 Å². The summed E-state index contributed by atoms with van der Waals surface area (Å²) in [7, 11) is 0. The van der Waals surface area contributed by atoms with E-state index < -0.39 is 0 Å². The average molecular weight is 173 g/mol. The molecule has 0 radical (unpaired) electrons. The van der Waals surface area contributed by atoms with Crippen molar-refractivity contribution in [2.45, 2.75) is 13.0 Å². The summed E-state index contributed by atoms with van der Waals surface area (Å²) in [4.78, 5) is 0. The number of rotatable bonds is 0. The van der Waals surface area contributed by atoms with E-state index >= 15 is 0 Å². The fraction of sp³-hybridized carbons (Fsp3) is 0.300. The number of nitriles is 1. The van der Waals surface area contributed by atoms with E-state index in [1.807, 2.05) is 24.3 Å². The van der Waals surface area contributed by atoms with Gasteiger partial charge in [-0.05, 0) is 18.2 Å². The fourth-order valence-corrected chi connectivity index (χ4v) is 1.73. The Morgan fingerprint density at radius 2 is 2.46 bits per heavy atom. The normalized spacial score (nSPS) is 35.5. The minimum Gasteiger partial charge on any atom is -0.399 e. The van der Waals surface area contributed by atoms with Crippen LogP contribution in [0.2, 0.25) is 0 Å². The van der Waals surface area contributed by atoms with Crippen molar-refractivity contribution in [3.8, 4) is 6.07 Å².